The van der Waals surface area contributed by atoms with Crippen molar-refractivity contribution in [2.75, 3.05) is 5.32 Å². The fourth-order valence-corrected chi connectivity index (χ4v) is 4.58. The van der Waals surface area contributed by atoms with Gasteiger partial charge in [-0.3, -0.25) is 9.78 Å². The molecule has 3 aromatic heterocycles. The van der Waals surface area contributed by atoms with Crippen LogP contribution in [0, 0.1) is 5.92 Å². The van der Waals surface area contributed by atoms with E-state index in [0.717, 1.165) is 38.5 Å². The number of carbonyl (C=O) groups excluding carboxylic acids is 1. The number of imidazole rings is 1. The van der Waals surface area contributed by atoms with Crippen molar-refractivity contribution >= 4 is 23.6 Å². The van der Waals surface area contributed by atoms with Crippen LogP contribution in [0.2, 0.25) is 0 Å². The van der Waals surface area contributed by atoms with Crippen molar-refractivity contribution in [1.82, 2.24) is 34.9 Å². The minimum absolute atomic E-state index is 0.184. The molecule has 12 heteroatoms. The summed E-state index contributed by atoms with van der Waals surface area (Å²) in [7, 11) is 0. The highest BCUT2D eigenvalue weighted by molar-refractivity contribution is 5.76. The molecule has 184 valence electrons. The SMILES string of the molecule is O=C(CC1CC1)NC1CCC(Nc2nc(=NC3CC3)n3nc/c(=C\c4[nH]c(=O)[nH]c4O)c3n2)CC1. The number of nitrogens with zero attached hydrogens (tertiary/aromatic N) is 5. The zero-order chi connectivity index (χ0) is 23.9. The molecule has 3 aromatic rings. The van der Waals surface area contributed by atoms with E-state index in [1.54, 1.807) is 16.8 Å². The summed E-state index contributed by atoms with van der Waals surface area (Å²) in [5, 5.41) is 21.6. The van der Waals surface area contributed by atoms with E-state index in [9.17, 15) is 14.7 Å². The Morgan fingerprint density at radius 2 is 1.89 bits per heavy atom. The van der Waals surface area contributed by atoms with Gasteiger partial charge in [-0.25, -0.2) is 9.79 Å². The second kappa shape index (κ2) is 8.82. The Labute approximate surface area is 200 Å². The third-order valence-electron chi connectivity index (χ3n) is 6.85. The third-order valence-corrected chi connectivity index (χ3v) is 6.85. The number of carbonyl (C=O) groups is 1. The maximum atomic E-state index is 12.1. The molecule has 0 aromatic carbocycles. The van der Waals surface area contributed by atoms with Crippen molar-refractivity contribution in [1.29, 1.82) is 0 Å². The number of hydrogen-bond donors (Lipinski definition) is 5. The van der Waals surface area contributed by atoms with Gasteiger partial charge in [-0.05, 0) is 63.4 Å². The summed E-state index contributed by atoms with van der Waals surface area (Å²) in [5.41, 5.74) is 0.767. The number of aromatic nitrogens is 6. The average molecular weight is 480 g/mol. The number of fused-ring (bicyclic) bond motifs is 1. The van der Waals surface area contributed by atoms with Gasteiger partial charge in [0.1, 0.15) is 5.69 Å². The molecular formula is C23H29N9O3. The van der Waals surface area contributed by atoms with E-state index in [2.05, 4.69) is 30.7 Å². The van der Waals surface area contributed by atoms with Gasteiger partial charge in [0.15, 0.2) is 5.65 Å². The molecule has 35 heavy (non-hydrogen) atoms. The lowest BCUT2D eigenvalue weighted by molar-refractivity contribution is -0.122. The predicted molar refractivity (Wildman–Crippen MR) is 126 cm³/mol. The Morgan fingerprint density at radius 1 is 1.11 bits per heavy atom. The monoisotopic (exact) mass is 479 g/mol. The van der Waals surface area contributed by atoms with Crippen LogP contribution in [0.25, 0.3) is 11.7 Å². The zero-order valence-electron chi connectivity index (χ0n) is 19.3. The first-order valence-electron chi connectivity index (χ1n) is 12.4. The average Bonchev–Trinajstić information content (AvgIpc) is 3.74. The lowest BCUT2D eigenvalue weighted by Gasteiger charge is -2.29. The second-order valence-corrected chi connectivity index (χ2v) is 9.94. The van der Waals surface area contributed by atoms with Crippen LogP contribution in [-0.2, 0) is 4.79 Å². The molecule has 6 rings (SSSR count). The minimum atomic E-state index is -0.494. The van der Waals surface area contributed by atoms with Gasteiger partial charge < -0.3 is 20.7 Å². The van der Waals surface area contributed by atoms with E-state index in [1.807, 2.05) is 0 Å². The highest BCUT2D eigenvalue weighted by Crippen LogP contribution is 2.32. The number of rotatable bonds is 7. The molecule has 0 unspecified atom stereocenters. The molecule has 0 bridgehead atoms. The number of aromatic hydroxyl groups is 1. The molecule has 0 atom stereocenters. The van der Waals surface area contributed by atoms with E-state index in [1.165, 1.54) is 12.8 Å². The summed E-state index contributed by atoms with van der Waals surface area (Å²) >= 11 is 0. The summed E-state index contributed by atoms with van der Waals surface area (Å²) in [4.78, 5) is 42.5. The Morgan fingerprint density at radius 3 is 2.57 bits per heavy atom. The molecule has 3 aliphatic carbocycles. The van der Waals surface area contributed by atoms with Gasteiger partial charge in [-0.2, -0.15) is 19.6 Å². The van der Waals surface area contributed by atoms with Crippen LogP contribution in [0.3, 0.4) is 0 Å². The highest BCUT2D eigenvalue weighted by Gasteiger charge is 2.27. The van der Waals surface area contributed by atoms with Crippen molar-refractivity contribution in [3.8, 4) is 5.88 Å². The van der Waals surface area contributed by atoms with Crippen LogP contribution in [0.5, 0.6) is 5.88 Å². The molecule has 3 heterocycles. The zero-order valence-corrected chi connectivity index (χ0v) is 19.3. The van der Waals surface area contributed by atoms with E-state index in [0.29, 0.717) is 34.8 Å². The predicted octanol–water partition coefficient (Wildman–Crippen LogP) is 0.0965. The van der Waals surface area contributed by atoms with Gasteiger partial charge >= 0.3 is 5.69 Å². The van der Waals surface area contributed by atoms with Gasteiger partial charge in [-0.1, -0.05) is 0 Å². The van der Waals surface area contributed by atoms with Gasteiger partial charge in [-0.15, -0.1) is 0 Å². The number of H-pyrrole nitrogens is 2. The van der Waals surface area contributed by atoms with E-state index >= 15 is 0 Å². The normalized spacial score (nSPS) is 23.7. The highest BCUT2D eigenvalue weighted by atomic mass is 16.3. The molecule has 0 saturated heterocycles. The number of hydrogen-bond acceptors (Lipinski definition) is 8. The molecule has 12 nitrogen and oxygen atoms in total. The largest absolute Gasteiger partial charge is 0.493 e. The maximum Gasteiger partial charge on any atom is 0.326 e. The van der Waals surface area contributed by atoms with Crippen molar-refractivity contribution in [2.45, 2.75) is 75.9 Å². The summed E-state index contributed by atoms with van der Waals surface area (Å²) in [6.45, 7) is 0. The van der Waals surface area contributed by atoms with Crippen LogP contribution in [0.4, 0.5) is 5.95 Å². The molecule has 0 spiro atoms. The van der Waals surface area contributed by atoms with E-state index in [-0.39, 0.29) is 35.6 Å². The second-order valence-electron chi connectivity index (χ2n) is 9.94. The minimum Gasteiger partial charge on any atom is -0.493 e. The Bertz CT molecular complexity index is 1420. The quantitative estimate of drug-likeness (QED) is 0.320. The number of aromatic amines is 2. The molecule has 0 aliphatic heterocycles. The summed E-state index contributed by atoms with van der Waals surface area (Å²) < 4.78 is 1.59. The fraction of sp³-hybridized carbons (Fsp3) is 0.565. The summed E-state index contributed by atoms with van der Waals surface area (Å²) in [6, 6.07) is 0.677. The van der Waals surface area contributed by atoms with Crippen LogP contribution < -0.4 is 27.2 Å². The smallest absolute Gasteiger partial charge is 0.326 e. The third kappa shape index (κ3) is 5.05. The van der Waals surface area contributed by atoms with Crippen LogP contribution in [-0.4, -0.2) is 58.7 Å². The van der Waals surface area contributed by atoms with Crippen molar-refractivity contribution in [3.05, 3.63) is 33.2 Å². The molecular weight excluding hydrogens is 450 g/mol. The van der Waals surface area contributed by atoms with E-state index in [4.69, 9.17) is 9.98 Å². The number of amides is 1. The Balaban J connectivity index is 1.22. The van der Waals surface area contributed by atoms with Crippen LogP contribution in [0.15, 0.2) is 16.0 Å². The first kappa shape index (κ1) is 21.8. The Kier molecular flexibility index (Phi) is 5.50. The molecule has 1 amide bonds. The lowest BCUT2D eigenvalue weighted by atomic mass is 9.91. The van der Waals surface area contributed by atoms with Gasteiger partial charge in [0, 0.05) is 23.7 Å². The molecule has 5 N–H and O–H groups in total. The van der Waals surface area contributed by atoms with Gasteiger partial charge in [0.05, 0.1) is 12.2 Å². The molecule has 3 aliphatic rings. The molecule has 0 radical (unpaired) electrons. The van der Waals surface area contributed by atoms with Gasteiger partial charge in [0.2, 0.25) is 17.7 Å². The first-order valence-corrected chi connectivity index (χ1v) is 12.4. The van der Waals surface area contributed by atoms with E-state index < -0.39 is 5.69 Å². The number of nitrogens with one attached hydrogen (secondary N) is 4. The van der Waals surface area contributed by atoms with Crippen molar-refractivity contribution in [2.24, 2.45) is 10.9 Å². The molecule has 3 fully saturated rings. The topological polar surface area (TPSA) is 165 Å². The standard InChI is InChI=1S/C23H29N9O3/c33-18(9-12-1-2-12)25-14-3-5-15(6-4-14)26-21-29-19-13(10-17-20(34)30-23(35)28-17)11-24-32(19)22(31-21)27-16-7-8-16/h10-12,14-16,34H,1-9H2,(H,25,33)(H,26,27,31)(H2,28,30,35)/b13-10+. The summed E-state index contributed by atoms with van der Waals surface area (Å²) in [5.74, 6) is 1.01. The maximum absolute atomic E-state index is 12.1. The van der Waals surface area contributed by atoms with Crippen molar-refractivity contribution in [3.63, 3.8) is 0 Å². The Hall–Kier alpha value is -3.70. The van der Waals surface area contributed by atoms with Gasteiger partial charge in [0.25, 0.3) is 5.62 Å². The van der Waals surface area contributed by atoms with Crippen LogP contribution in [0.1, 0.15) is 63.5 Å². The number of anilines is 1. The first-order chi connectivity index (χ1) is 17.0. The summed E-state index contributed by atoms with van der Waals surface area (Å²) in [6.07, 6.45) is 12.0. The fourth-order valence-electron chi connectivity index (χ4n) is 4.58. The molecule has 3 saturated carbocycles. The van der Waals surface area contributed by atoms with Crippen LogP contribution >= 0.6 is 0 Å². The van der Waals surface area contributed by atoms with Crippen molar-refractivity contribution < 1.29 is 9.90 Å². The lowest BCUT2D eigenvalue weighted by Crippen LogP contribution is -2.40.